The average Bonchev–Trinajstić information content (AvgIpc) is 3.52. The summed E-state index contributed by atoms with van der Waals surface area (Å²) < 4.78 is 33.2. The van der Waals surface area contributed by atoms with Crippen molar-refractivity contribution in [3.8, 4) is 0 Å². The van der Waals surface area contributed by atoms with Gasteiger partial charge in [-0.2, -0.15) is 0 Å². The van der Waals surface area contributed by atoms with Crippen molar-refractivity contribution >= 4 is 19.8 Å². The number of hydrogen-bond acceptors (Lipinski definition) is 8. The van der Waals surface area contributed by atoms with Crippen LogP contribution >= 0.6 is 7.82 Å². The number of ether oxygens (including phenoxy) is 2. The summed E-state index contributed by atoms with van der Waals surface area (Å²) >= 11 is 0. The average molecular weight is 1220 g/mol. The van der Waals surface area contributed by atoms with Crippen molar-refractivity contribution in [2.24, 2.45) is 5.73 Å². The van der Waals surface area contributed by atoms with E-state index in [9.17, 15) is 19.0 Å². The van der Waals surface area contributed by atoms with Crippen molar-refractivity contribution in [3.05, 3.63) is 36.5 Å². The maximum Gasteiger partial charge on any atom is 0.472 e. The minimum absolute atomic E-state index is 0.0562. The summed E-state index contributed by atoms with van der Waals surface area (Å²) in [6.07, 6.45) is 89.8. The van der Waals surface area contributed by atoms with E-state index in [0.717, 1.165) is 44.9 Å². The monoisotopic (exact) mass is 1220 g/mol. The molecule has 0 aliphatic rings. The molecule has 0 spiro atoms. The minimum atomic E-state index is -4.39. The van der Waals surface area contributed by atoms with Crippen LogP contribution in [-0.2, 0) is 32.7 Å². The number of allylic oxidation sites excluding steroid dienone is 6. The summed E-state index contributed by atoms with van der Waals surface area (Å²) in [5.41, 5.74) is 5.41. The van der Waals surface area contributed by atoms with Crippen LogP contribution in [0.3, 0.4) is 0 Å². The lowest BCUT2D eigenvalue weighted by Gasteiger charge is -2.19. The smallest absolute Gasteiger partial charge is 0.462 e. The molecule has 0 aliphatic carbocycles. The number of nitrogens with two attached hydrogens (primary N) is 1. The third-order valence-electron chi connectivity index (χ3n) is 17.0. The maximum atomic E-state index is 12.8. The first-order valence-electron chi connectivity index (χ1n) is 37.5. The van der Waals surface area contributed by atoms with Gasteiger partial charge in [0.05, 0.1) is 13.2 Å². The highest BCUT2D eigenvalue weighted by molar-refractivity contribution is 7.47. The number of phosphoric acid groups is 1. The van der Waals surface area contributed by atoms with Gasteiger partial charge in [-0.05, 0) is 51.4 Å². The van der Waals surface area contributed by atoms with Crippen molar-refractivity contribution in [1.82, 2.24) is 0 Å². The molecule has 2 atom stereocenters. The normalized spacial score (nSPS) is 13.0. The molecule has 0 heterocycles. The Kier molecular flexibility index (Phi) is 69.8. The molecule has 0 saturated carbocycles. The van der Waals surface area contributed by atoms with Crippen molar-refractivity contribution in [1.29, 1.82) is 0 Å². The molecule has 3 N–H and O–H groups in total. The highest BCUT2D eigenvalue weighted by atomic mass is 31.2. The predicted octanol–water partition coefficient (Wildman–Crippen LogP) is 24.6. The molecule has 0 aromatic rings. The van der Waals surface area contributed by atoms with E-state index in [-0.39, 0.29) is 38.6 Å². The van der Waals surface area contributed by atoms with Gasteiger partial charge in [-0.25, -0.2) is 4.57 Å². The van der Waals surface area contributed by atoms with Crippen LogP contribution in [0.4, 0.5) is 0 Å². The SMILES string of the molecule is CCCCCCC/C=C\C/C=C\C/C=C\CCCCCCCCCCCCCCCCCCCCC(=O)OC(COC(=O)CCCCCCCCCCCCCCCCCCCCCCCCCCCCCCCCC)COP(=O)(O)OCCN. The summed E-state index contributed by atoms with van der Waals surface area (Å²) in [5.74, 6) is -0.803. The number of carbonyl (C=O) groups is 2. The zero-order chi connectivity index (χ0) is 61.6. The first kappa shape index (κ1) is 83.2. The molecule has 0 rings (SSSR count). The van der Waals surface area contributed by atoms with Gasteiger partial charge in [0.25, 0.3) is 0 Å². The van der Waals surface area contributed by atoms with Gasteiger partial charge in [-0.15, -0.1) is 0 Å². The molecule has 0 fully saturated rings. The number of carbonyl (C=O) groups excluding carboxylic acids is 2. The van der Waals surface area contributed by atoms with Crippen LogP contribution in [0.5, 0.6) is 0 Å². The maximum absolute atomic E-state index is 12.8. The molecule has 0 bridgehead atoms. The van der Waals surface area contributed by atoms with Crippen molar-refractivity contribution in [2.75, 3.05) is 26.4 Å². The highest BCUT2D eigenvalue weighted by Crippen LogP contribution is 2.43. The summed E-state index contributed by atoms with van der Waals surface area (Å²) in [6.45, 7) is 3.82. The zero-order valence-corrected chi connectivity index (χ0v) is 57.5. The second kappa shape index (κ2) is 71.3. The van der Waals surface area contributed by atoms with Gasteiger partial charge in [-0.3, -0.25) is 18.6 Å². The van der Waals surface area contributed by atoms with Gasteiger partial charge in [0, 0.05) is 19.4 Å². The van der Waals surface area contributed by atoms with Gasteiger partial charge in [0.2, 0.25) is 0 Å². The van der Waals surface area contributed by atoms with Crippen LogP contribution in [0, 0.1) is 0 Å². The third-order valence-corrected chi connectivity index (χ3v) is 18.0. The molecule has 0 radical (unpaired) electrons. The Morgan fingerprint density at radius 1 is 0.353 bits per heavy atom. The van der Waals surface area contributed by atoms with Crippen LogP contribution in [0.15, 0.2) is 36.5 Å². The number of esters is 2. The van der Waals surface area contributed by atoms with Crippen LogP contribution in [0.2, 0.25) is 0 Å². The minimum Gasteiger partial charge on any atom is -0.462 e. The molecule has 85 heavy (non-hydrogen) atoms. The van der Waals surface area contributed by atoms with E-state index in [1.165, 1.54) is 321 Å². The highest BCUT2D eigenvalue weighted by Gasteiger charge is 2.26. The molecular weight excluding hydrogens is 1070 g/mol. The van der Waals surface area contributed by atoms with Crippen LogP contribution in [0.1, 0.15) is 399 Å². The molecule has 0 amide bonds. The van der Waals surface area contributed by atoms with E-state index >= 15 is 0 Å². The second-order valence-electron chi connectivity index (χ2n) is 25.5. The van der Waals surface area contributed by atoms with Gasteiger partial charge in [0.1, 0.15) is 6.61 Å². The number of unbranched alkanes of at least 4 members (excludes halogenated alkanes) is 53. The topological polar surface area (TPSA) is 134 Å². The predicted molar refractivity (Wildman–Crippen MR) is 367 cm³/mol. The van der Waals surface area contributed by atoms with Crippen LogP contribution in [-0.4, -0.2) is 49.3 Å². The Bertz CT molecular complexity index is 1490. The lowest BCUT2D eigenvalue weighted by molar-refractivity contribution is -0.161. The van der Waals surface area contributed by atoms with E-state index < -0.39 is 26.5 Å². The Balaban J connectivity index is 3.79. The Morgan fingerprint density at radius 2 is 0.612 bits per heavy atom. The van der Waals surface area contributed by atoms with Gasteiger partial charge in [0.15, 0.2) is 6.10 Å². The molecular formula is C75H144NO8P. The molecule has 10 heteroatoms. The lowest BCUT2D eigenvalue weighted by Crippen LogP contribution is -2.29. The number of phosphoric ester groups is 1. The fraction of sp³-hybridized carbons (Fsp3) is 0.893. The van der Waals surface area contributed by atoms with Gasteiger partial charge < -0.3 is 20.1 Å². The molecule has 502 valence electrons. The summed E-state index contributed by atoms with van der Waals surface area (Å²) in [6, 6.07) is 0. The van der Waals surface area contributed by atoms with Crippen molar-refractivity contribution in [3.63, 3.8) is 0 Å². The van der Waals surface area contributed by atoms with Crippen LogP contribution in [0.25, 0.3) is 0 Å². The zero-order valence-electron chi connectivity index (χ0n) is 56.6. The fourth-order valence-electron chi connectivity index (χ4n) is 11.5. The Morgan fingerprint density at radius 3 is 0.906 bits per heavy atom. The molecule has 0 aromatic carbocycles. The summed E-state index contributed by atoms with van der Waals surface area (Å²) in [5, 5.41) is 0. The van der Waals surface area contributed by atoms with E-state index in [1.54, 1.807) is 0 Å². The van der Waals surface area contributed by atoms with Gasteiger partial charge in [-0.1, -0.05) is 371 Å². The van der Waals surface area contributed by atoms with E-state index in [1.807, 2.05) is 0 Å². The summed E-state index contributed by atoms with van der Waals surface area (Å²) in [7, 11) is -4.39. The molecule has 2 unspecified atom stereocenters. The van der Waals surface area contributed by atoms with Gasteiger partial charge >= 0.3 is 19.8 Å². The third kappa shape index (κ3) is 71.2. The molecule has 0 saturated heterocycles. The number of rotatable bonds is 72. The standard InChI is InChI=1S/C75H144NO8P/c1-3-5-7-9-11-13-15-17-19-21-23-25-27-29-31-33-35-36-38-40-42-44-46-48-50-52-54-56-58-60-62-64-66-68-75(78)84-73(72-83-85(79,80)82-70-69-76)71-81-74(77)67-65-63-61-59-57-55-53-51-49-47-45-43-41-39-37-34-32-30-28-26-24-22-20-18-16-14-12-10-8-6-4-2/h15,17,21,23,27,29,73H,3-14,16,18-20,22,24-26,28,30-72,76H2,1-2H3,(H,79,80)/b17-15-,23-21-,29-27-. The molecule has 0 aromatic heterocycles. The number of hydrogen-bond donors (Lipinski definition) is 2. The Hall–Kier alpha value is -1.77. The fourth-order valence-corrected chi connectivity index (χ4v) is 12.2. The van der Waals surface area contributed by atoms with E-state index in [2.05, 4.69) is 50.3 Å². The first-order chi connectivity index (χ1) is 41.8. The first-order valence-corrected chi connectivity index (χ1v) is 39.0. The molecule has 0 aliphatic heterocycles. The van der Waals surface area contributed by atoms with E-state index in [0.29, 0.717) is 6.42 Å². The van der Waals surface area contributed by atoms with E-state index in [4.69, 9.17) is 24.3 Å². The molecule has 9 nitrogen and oxygen atoms in total. The lowest BCUT2D eigenvalue weighted by atomic mass is 10.0. The van der Waals surface area contributed by atoms with Crippen LogP contribution < -0.4 is 5.73 Å². The second-order valence-corrected chi connectivity index (χ2v) is 27.0. The van der Waals surface area contributed by atoms with Crippen molar-refractivity contribution in [2.45, 2.75) is 405 Å². The van der Waals surface area contributed by atoms with Crippen molar-refractivity contribution < 1.29 is 37.6 Å². The largest absolute Gasteiger partial charge is 0.472 e. The Labute approximate surface area is 528 Å². The quantitative estimate of drug-likeness (QED) is 0.0264. The summed E-state index contributed by atoms with van der Waals surface area (Å²) in [4.78, 5) is 35.4.